The van der Waals surface area contributed by atoms with Crippen molar-refractivity contribution in [3.05, 3.63) is 60.8 Å². The van der Waals surface area contributed by atoms with E-state index in [-0.39, 0.29) is 5.75 Å². The summed E-state index contributed by atoms with van der Waals surface area (Å²) in [6.07, 6.45) is 1.88. The Labute approximate surface area is 142 Å². The molecule has 0 unspecified atom stereocenters. The zero-order chi connectivity index (χ0) is 17.2. The van der Waals surface area contributed by atoms with Gasteiger partial charge in [0.05, 0.1) is 17.8 Å². The molecular weight excluding hydrogens is 322 g/mol. The van der Waals surface area contributed by atoms with E-state index in [1.807, 2.05) is 42.6 Å². The van der Waals surface area contributed by atoms with Gasteiger partial charge in [-0.15, -0.1) is 0 Å². The molecule has 24 heavy (non-hydrogen) atoms. The van der Waals surface area contributed by atoms with Crippen LogP contribution in [0.5, 0.6) is 5.75 Å². The lowest BCUT2D eigenvalue weighted by molar-refractivity contribution is 0.416. The number of benzene rings is 2. The molecule has 0 saturated carbocycles. The van der Waals surface area contributed by atoms with E-state index in [1.54, 1.807) is 32.2 Å². The topological polar surface area (TPSA) is 59.2 Å². The fourth-order valence-corrected chi connectivity index (χ4v) is 3.52. The first kappa shape index (κ1) is 16.3. The summed E-state index contributed by atoms with van der Waals surface area (Å²) in [5, 5.41) is 0. The molecule has 1 aromatic heterocycles. The summed E-state index contributed by atoms with van der Waals surface area (Å²) in [7, 11) is -1.67. The molecule has 3 aromatic rings. The van der Waals surface area contributed by atoms with E-state index in [9.17, 15) is 8.42 Å². The third kappa shape index (κ3) is 3.08. The Morgan fingerprint density at radius 2 is 1.71 bits per heavy atom. The largest absolute Gasteiger partial charge is 0.496 e. The summed E-state index contributed by atoms with van der Waals surface area (Å²) in [6, 6.07) is 16.9. The highest BCUT2D eigenvalue weighted by molar-refractivity contribution is 7.91. The number of rotatable bonds is 5. The first-order valence-electron chi connectivity index (χ1n) is 7.70. The highest BCUT2D eigenvalue weighted by Gasteiger charge is 2.15. The van der Waals surface area contributed by atoms with Gasteiger partial charge in [-0.1, -0.05) is 31.2 Å². The van der Waals surface area contributed by atoms with Gasteiger partial charge in [0, 0.05) is 17.5 Å². The van der Waals surface area contributed by atoms with Gasteiger partial charge < -0.3 is 9.72 Å². The highest BCUT2D eigenvalue weighted by atomic mass is 32.2. The van der Waals surface area contributed by atoms with Crippen molar-refractivity contribution in [2.75, 3.05) is 12.9 Å². The van der Waals surface area contributed by atoms with Gasteiger partial charge in [-0.2, -0.15) is 0 Å². The fourth-order valence-electron chi connectivity index (χ4n) is 2.61. The molecule has 0 fully saturated rings. The standard InChI is InChI=1S/C19H19NO3S/c1-3-24(21,22)16-10-11-19(23-2)17(13-16)14-6-8-15(9-7-14)18-5-4-12-20-18/h4-13,20H,3H2,1-2H3. The number of ether oxygens (including phenoxy) is 1. The minimum absolute atomic E-state index is 0.0739. The molecule has 0 saturated heterocycles. The van der Waals surface area contributed by atoms with E-state index in [4.69, 9.17) is 4.74 Å². The Kier molecular flexibility index (Phi) is 4.44. The summed E-state index contributed by atoms with van der Waals surface area (Å²) in [5.74, 6) is 0.725. The number of aromatic nitrogens is 1. The van der Waals surface area contributed by atoms with E-state index in [0.717, 1.165) is 22.4 Å². The second-order valence-electron chi connectivity index (χ2n) is 5.43. The van der Waals surface area contributed by atoms with E-state index in [0.29, 0.717) is 10.6 Å². The van der Waals surface area contributed by atoms with Gasteiger partial charge in [-0.05, 0) is 41.5 Å². The lowest BCUT2D eigenvalue weighted by atomic mass is 10.0. The number of sulfone groups is 1. The van der Waals surface area contributed by atoms with Crippen molar-refractivity contribution < 1.29 is 13.2 Å². The van der Waals surface area contributed by atoms with Gasteiger partial charge in [0.15, 0.2) is 9.84 Å². The monoisotopic (exact) mass is 341 g/mol. The number of hydrogen-bond acceptors (Lipinski definition) is 3. The summed E-state index contributed by atoms with van der Waals surface area (Å²) in [5.41, 5.74) is 3.79. The summed E-state index contributed by atoms with van der Waals surface area (Å²) in [6.45, 7) is 1.64. The average molecular weight is 341 g/mol. The predicted octanol–water partition coefficient (Wildman–Crippen LogP) is 4.15. The molecule has 0 atom stereocenters. The quantitative estimate of drug-likeness (QED) is 0.758. The van der Waals surface area contributed by atoms with Gasteiger partial charge in [0.25, 0.3) is 0 Å². The summed E-state index contributed by atoms with van der Waals surface area (Å²) < 4.78 is 29.7. The predicted molar refractivity (Wildman–Crippen MR) is 95.9 cm³/mol. The van der Waals surface area contributed by atoms with Crippen LogP contribution in [0.1, 0.15) is 6.92 Å². The van der Waals surface area contributed by atoms with E-state index >= 15 is 0 Å². The molecule has 4 nitrogen and oxygen atoms in total. The zero-order valence-corrected chi connectivity index (χ0v) is 14.4. The van der Waals surface area contributed by atoms with Crippen LogP contribution in [0.15, 0.2) is 65.7 Å². The van der Waals surface area contributed by atoms with Crippen LogP contribution in [0.4, 0.5) is 0 Å². The Bertz CT molecular complexity index is 927. The van der Waals surface area contributed by atoms with Crippen LogP contribution >= 0.6 is 0 Å². The highest BCUT2D eigenvalue weighted by Crippen LogP contribution is 2.33. The molecule has 0 aliphatic rings. The maximum Gasteiger partial charge on any atom is 0.178 e. The van der Waals surface area contributed by atoms with Crippen molar-refractivity contribution in [3.8, 4) is 28.1 Å². The van der Waals surface area contributed by atoms with Crippen LogP contribution in [0.2, 0.25) is 0 Å². The minimum atomic E-state index is -3.26. The van der Waals surface area contributed by atoms with Crippen molar-refractivity contribution >= 4 is 9.84 Å². The van der Waals surface area contributed by atoms with Crippen LogP contribution < -0.4 is 4.74 Å². The smallest absolute Gasteiger partial charge is 0.178 e. The minimum Gasteiger partial charge on any atom is -0.496 e. The molecule has 3 rings (SSSR count). The number of aromatic amines is 1. The molecule has 0 bridgehead atoms. The van der Waals surface area contributed by atoms with Crippen molar-refractivity contribution in [1.29, 1.82) is 0 Å². The third-order valence-corrected chi connectivity index (χ3v) is 5.75. The summed E-state index contributed by atoms with van der Waals surface area (Å²) in [4.78, 5) is 3.48. The Morgan fingerprint density at radius 1 is 1.00 bits per heavy atom. The number of methoxy groups -OCH3 is 1. The number of nitrogens with one attached hydrogen (secondary N) is 1. The van der Waals surface area contributed by atoms with Gasteiger partial charge in [-0.25, -0.2) is 8.42 Å². The molecule has 1 N–H and O–H groups in total. The lowest BCUT2D eigenvalue weighted by Gasteiger charge is -2.11. The maximum absolute atomic E-state index is 12.1. The molecule has 0 aliphatic carbocycles. The lowest BCUT2D eigenvalue weighted by Crippen LogP contribution is -2.04. The molecule has 124 valence electrons. The van der Waals surface area contributed by atoms with Crippen molar-refractivity contribution in [1.82, 2.24) is 4.98 Å². The molecule has 2 aromatic carbocycles. The van der Waals surface area contributed by atoms with Crippen molar-refractivity contribution in [2.45, 2.75) is 11.8 Å². The van der Waals surface area contributed by atoms with Crippen LogP contribution in [-0.2, 0) is 9.84 Å². The van der Waals surface area contributed by atoms with Crippen LogP contribution in [-0.4, -0.2) is 26.3 Å². The molecule has 1 heterocycles. The van der Waals surface area contributed by atoms with Crippen LogP contribution in [0, 0.1) is 0 Å². The first-order chi connectivity index (χ1) is 11.5. The van der Waals surface area contributed by atoms with Crippen LogP contribution in [0.3, 0.4) is 0 Å². The molecule has 0 amide bonds. The second kappa shape index (κ2) is 6.53. The van der Waals surface area contributed by atoms with E-state index < -0.39 is 9.84 Å². The maximum atomic E-state index is 12.1. The van der Waals surface area contributed by atoms with Gasteiger partial charge in [-0.3, -0.25) is 0 Å². The van der Waals surface area contributed by atoms with Crippen molar-refractivity contribution in [2.24, 2.45) is 0 Å². The van der Waals surface area contributed by atoms with E-state index in [2.05, 4.69) is 4.98 Å². The normalized spacial score (nSPS) is 11.4. The molecule has 0 spiro atoms. The first-order valence-corrected chi connectivity index (χ1v) is 9.35. The fraction of sp³-hybridized carbons (Fsp3) is 0.158. The van der Waals surface area contributed by atoms with Crippen molar-refractivity contribution in [3.63, 3.8) is 0 Å². The number of H-pyrrole nitrogens is 1. The van der Waals surface area contributed by atoms with Gasteiger partial charge >= 0.3 is 0 Å². The third-order valence-electron chi connectivity index (χ3n) is 4.01. The Hall–Kier alpha value is -2.53. The Morgan fingerprint density at radius 3 is 2.29 bits per heavy atom. The molecule has 0 aliphatic heterocycles. The second-order valence-corrected chi connectivity index (χ2v) is 7.70. The van der Waals surface area contributed by atoms with Gasteiger partial charge in [0.1, 0.15) is 5.75 Å². The molecule has 5 heteroatoms. The molecule has 0 radical (unpaired) electrons. The van der Waals surface area contributed by atoms with Crippen LogP contribution in [0.25, 0.3) is 22.4 Å². The zero-order valence-electron chi connectivity index (χ0n) is 13.6. The molecular formula is C19H19NO3S. The van der Waals surface area contributed by atoms with E-state index in [1.165, 1.54) is 0 Å². The SMILES string of the molecule is CCS(=O)(=O)c1ccc(OC)c(-c2ccc(-c3ccc[nH]3)cc2)c1. The van der Waals surface area contributed by atoms with Gasteiger partial charge in [0.2, 0.25) is 0 Å². The summed E-state index contributed by atoms with van der Waals surface area (Å²) >= 11 is 0. The number of hydrogen-bond donors (Lipinski definition) is 1. The Balaban J connectivity index is 2.06. The average Bonchev–Trinajstić information content (AvgIpc) is 3.16.